The van der Waals surface area contributed by atoms with Crippen LogP contribution in [0.15, 0.2) is 54.6 Å². The Kier molecular flexibility index (Phi) is 5.19. The molecule has 2 aromatic rings. The topological polar surface area (TPSA) is 52.0 Å². The van der Waals surface area contributed by atoms with Gasteiger partial charge in [0.05, 0.1) is 0 Å². The summed E-state index contributed by atoms with van der Waals surface area (Å²) >= 11 is 0. The lowest BCUT2D eigenvalue weighted by molar-refractivity contribution is 0.542. The predicted molar refractivity (Wildman–Crippen MR) is 86.6 cm³/mol. The minimum absolute atomic E-state index is 0.287. The van der Waals surface area contributed by atoms with E-state index in [2.05, 4.69) is 49.4 Å². The van der Waals surface area contributed by atoms with Crippen LogP contribution in [0.5, 0.6) is 0 Å². The highest BCUT2D eigenvalue weighted by Gasteiger charge is 2.15. The van der Waals surface area contributed by atoms with Crippen LogP contribution in [-0.2, 0) is 0 Å². The molecule has 4 N–H and O–H groups in total. The van der Waals surface area contributed by atoms with Crippen LogP contribution in [-0.4, -0.2) is 6.04 Å². The number of benzene rings is 2. The summed E-state index contributed by atoms with van der Waals surface area (Å²) in [4.78, 5) is 0. The van der Waals surface area contributed by atoms with Crippen LogP contribution < -0.4 is 11.5 Å². The highest BCUT2D eigenvalue weighted by molar-refractivity contribution is 5.42. The van der Waals surface area contributed by atoms with Crippen molar-refractivity contribution >= 4 is 5.69 Å². The summed E-state index contributed by atoms with van der Waals surface area (Å²) in [7, 11) is 0. The van der Waals surface area contributed by atoms with Crippen LogP contribution in [0.4, 0.5) is 5.69 Å². The van der Waals surface area contributed by atoms with Gasteiger partial charge >= 0.3 is 0 Å². The molecule has 0 aliphatic carbocycles. The molecular formula is C18H24N2. The van der Waals surface area contributed by atoms with Crippen LogP contribution in [0.25, 0.3) is 0 Å². The maximum Gasteiger partial charge on any atom is 0.0314 e. The van der Waals surface area contributed by atoms with E-state index in [1.54, 1.807) is 0 Å². The Balaban J connectivity index is 2.22. The van der Waals surface area contributed by atoms with Crippen molar-refractivity contribution in [2.24, 2.45) is 5.73 Å². The highest BCUT2D eigenvalue weighted by atomic mass is 14.6. The smallest absolute Gasteiger partial charge is 0.0314 e. The summed E-state index contributed by atoms with van der Waals surface area (Å²) in [5.74, 6) is 0.398. The van der Waals surface area contributed by atoms with Crippen molar-refractivity contribution in [2.45, 2.75) is 38.1 Å². The molecule has 0 aliphatic rings. The van der Waals surface area contributed by atoms with Gasteiger partial charge in [-0.2, -0.15) is 0 Å². The quantitative estimate of drug-likeness (QED) is 0.780. The van der Waals surface area contributed by atoms with Crippen molar-refractivity contribution in [2.75, 3.05) is 5.73 Å². The van der Waals surface area contributed by atoms with Gasteiger partial charge in [-0.05, 0) is 42.5 Å². The number of anilines is 1. The Morgan fingerprint density at radius 2 is 1.45 bits per heavy atom. The largest absolute Gasteiger partial charge is 0.399 e. The van der Waals surface area contributed by atoms with Gasteiger partial charge in [-0.15, -0.1) is 0 Å². The molecule has 2 heteroatoms. The molecule has 0 bridgehead atoms. The van der Waals surface area contributed by atoms with Crippen molar-refractivity contribution in [3.8, 4) is 0 Å². The first kappa shape index (κ1) is 14.6. The van der Waals surface area contributed by atoms with E-state index < -0.39 is 0 Å². The first-order valence-corrected chi connectivity index (χ1v) is 7.36. The number of nitrogens with two attached hydrogens (primary N) is 2. The molecule has 0 saturated carbocycles. The minimum Gasteiger partial charge on any atom is -0.399 e. The molecule has 0 amide bonds. The van der Waals surface area contributed by atoms with E-state index in [4.69, 9.17) is 11.5 Å². The molecular weight excluding hydrogens is 244 g/mol. The lowest BCUT2D eigenvalue weighted by Crippen LogP contribution is -2.19. The molecule has 0 radical (unpaired) electrons. The molecule has 0 saturated heterocycles. The maximum atomic E-state index is 6.08. The van der Waals surface area contributed by atoms with Gasteiger partial charge in [-0.1, -0.05) is 49.4 Å². The van der Waals surface area contributed by atoms with Gasteiger partial charge in [0.2, 0.25) is 0 Å². The molecule has 2 nitrogen and oxygen atoms in total. The van der Waals surface area contributed by atoms with Crippen LogP contribution >= 0.6 is 0 Å². The SMILES string of the molecule is CCC(N)CCC(c1ccccc1)c1ccc(N)cc1. The summed E-state index contributed by atoms with van der Waals surface area (Å²) in [5, 5.41) is 0. The number of rotatable bonds is 6. The normalized spacial score (nSPS) is 13.9. The summed E-state index contributed by atoms with van der Waals surface area (Å²) in [5.41, 5.74) is 15.3. The molecule has 0 aromatic heterocycles. The van der Waals surface area contributed by atoms with E-state index in [0.29, 0.717) is 5.92 Å². The van der Waals surface area contributed by atoms with Crippen molar-refractivity contribution in [3.63, 3.8) is 0 Å². The van der Waals surface area contributed by atoms with Gasteiger partial charge in [-0.3, -0.25) is 0 Å². The zero-order valence-electron chi connectivity index (χ0n) is 12.1. The van der Waals surface area contributed by atoms with Gasteiger partial charge in [0, 0.05) is 17.6 Å². The average molecular weight is 268 g/mol. The second-order valence-electron chi connectivity index (χ2n) is 5.38. The van der Waals surface area contributed by atoms with E-state index in [0.717, 1.165) is 24.9 Å². The third-order valence-electron chi connectivity index (χ3n) is 3.89. The zero-order chi connectivity index (χ0) is 14.4. The number of hydrogen-bond acceptors (Lipinski definition) is 2. The molecule has 0 aliphatic heterocycles. The molecule has 0 heterocycles. The first-order chi connectivity index (χ1) is 9.70. The van der Waals surface area contributed by atoms with Gasteiger partial charge in [-0.25, -0.2) is 0 Å². The Bertz CT molecular complexity index is 505. The third-order valence-corrected chi connectivity index (χ3v) is 3.89. The van der Waals surface area contributed by atoms with Gasteiger partial charge in [0.1, 0.15) is 0 Å². The van der Waals surface area contributed by atoms with E-state index in [-0.39, 0.29) is 6.04 Å². The Morgan fingerprint density at radius 3 is 2.05 bits per heavy atom. The van der Waals surface area contributed by atoms with Crippen LogP contribution in [0.2, 0.25) is 0 Å². The fourth-order valence-electron chi connectivity index (χ4n) is 2.52. The maximum absolute atomic E-state index is 6.08. The second-order valence-corrected chi connectivity index (χ2v) is 5.38. The fourth-order valence-corrected chi connectivity index (χ4v) is 2.52. The number of hydrogen-bond donors (Lipinski definition) is 2. The summed E-state index contributed by atoms with van der Waals surface area (Å²) in [6.45, 7) is 2.14. The molecule has 0 spiro atoms. The molecule has 20 heavy (non-hydrogen) atoms. The third kappa shape index (κ3) is 3.84. The van der Waals surface area contributed by atoms with Crippen LogP contribution in [0.3, 0.4) is 0 Å². The molecule has 106 valence electrons. The predicted octanol–water partition coefficient (Wildman–Crippen LogP) is 3.92. The van der Waals surface area contributed by atoms with Crippen molar-refractivity contribution in [1.29, 1.82) is 0 Å². The van der Waals surface area contributed by atoms with Gasteiger partial charge in [0.25, 0.3) is 0 Å². The Morgan fingerprint density at radius 1 is 0.850 bits per heavy atom. The lowest BCUT2D eigenvalue weighted by Gasteiger charge is -2.20. The molecule has 2 rings (SSSR count). The van der Waals surface area contributed by atoms with E-state index in [1.807, 2.05) is 12.1 Å². The van der Waals surface area contributed by atoms with Crippen LogP contribution in [0, 0.1) is 0 Å². The molecule has 2 aromatic carbocycles. The van der Waals surface area contributed by atoms with Crippen LogP contribution in [0.1, 0.15) is 43.2 Å². The van der Waals surface area contributed by atoms with Gasteiger partial charge < -0.3 is 11.5 Å². The Labute approximate surface area is 121 Å². The van der Waals surface area contributed by atoms with E-state index >= 15 is 0 Å². The monoisotopic (exact) mass is 268 g/mol. The average Bonchev–Trinajstić information content (AvgIpc) is 2.50. The standard InChI is InChI=1S/C18H24N2/c1-2-16(19)12-13-18(14-6-4-3-5-7-14)15-8-10-17(20)11-9-15/h3-11,16,18H,2,12-13,19-20H2,1H3. The molecule has 2 atom stereocenters. The first-order valence-electron chi connectivity index (χ1n) is 7.36. The zero-order valence-corrected chi connectivity index (χ0v) is 12.1. The molecule has 0 fully saturated rings. The van der Waals surface area contributed by atoms with Crippen molar-refractivity contribution in [3.05, 3.63) is 65.7 Å². The van der Waals surface area contributed by atoms with Crippen molar-refractivity contribution in [1.82, 2.24) is 0 Å². The fraction of sp³-hybridized carbons (Fsp3) is 0.333. The summed E-state index contributed by atoms with van der Waals surface area (Å²) < 4.78 is 0. The Hall–Kier alpha value is -1.80. The number of nitrogen functional groups attached to an aromatic ring is 1. The lowest BCUT2D eigenvalue weighted by atomic mass is 9.86. The molecule has 2 unspecified atom stereocenters. The minimum atomic E-state index is 0.287. The van der Waals surface area contributed by atoms with Gasteiger partial charge in [0.15, 0.2) is 0 Å². The van der Waals surface area contributed by atoms with E-state index in [9.17, 15) is 0 Å². The van der Waals surface area contributed by atoms with Crippen molar-refractivity contribution < 1.29 is 0 Å². The summed E-state index contributed by atoms with van der Waals surface area (Å²) in [6, 6.07) is 19.1. The highest BCUT2D eigenvalue weighted by Crippen LogP contribution is 2.30. The second kappa shape index (κ2) is 7.11. The summed E-state index contributed by atoms with van der Waals surface area (Å²) in [6.07, 6.45) is 3.15. The van der Waals surface area contributed by atoms with E-state index in [1.165, 1.54) is 11.1 Å².